The lowest BCUT2D eigenvalue weighted by atomic mass is 10.1. The lowest BCUT2D eigenvalue weighted by molar-refractivity contribution is -0.683. The van der Waals surface area contributed by atoms with Crippen LogP contribution in [0.25, 0.3) is 0 Å². The maximum atomic E-state index is 11.9. The minimum Gasteiger partial charge on any atom is -0.503 e. The van der Waals surface area contributed by atoms with Gasteiger partial charge in [0.15, 0.2) is 11.9 Å². The van der Waals surface area contributed by atoms with Gasteiger partial charge in [0.1, 0.15) is 0 Å². The topological polar surface area (TPSA) is 84.3 Å². The number of hydrogen-bond acceptors (Lipinski definition) is 4. The Bertz CT molecular complexity index is 623. The quantitative estimate of drug-likeness (QED) is 0.390. The number of nitro groups is 1. The van der Waals surface area contributed by atoms with Crippen LogP contribution >= 0.6 is 0 Å². The van der Waals surface area contributed by atoms with Crippen LogP contribution in [0.4, 0.5) is 5.69 Å². The van der Waals surface area contributed by atoms with Crippen molar-refractivity contribution in [2.45, 2.75) is 6.54 Å². The summed E-state index contributed by atoms with van der Waals surface area (Å²) < 4.78 is 1.54. The molecule has 0 aliphatic carbocycles. The Morgan fingerprint density at radius 1 is 1.26 bits per heavy atom. The average Bonchev–Trinajstić information content (AvgIpc) is 2.39. The number of nitro benzene ring substituents is 1. The molecule has 2 aromatic rings. The first kappa shape index (κ1) is 12.7. The van der Waals surface area contributed by atoms with Crippen molar-refractivity contribution >= 4 is 11.5 Å². The number of benzene rings is 1. The normalized spacial score (nSPS) is 10.1. The van der Waals surface area contributed by atoms with Gasteiger partial charge in [-0.3, -0.25) is 14.9 Å². The van der Waals surface area contributed by atoms with Gasteiger partial charge in [-0.2, -0.15) is 4.57 Å². The summed E-state index contributed by atoms with van der Waals surface area (Å²) in [5, 5.41) is 19.8. The SMILES string of the molecule is O=C(C[n+]1cccc(O)c1)c1ccc([N+](=O)[O-])cc1. The lowest BCUT2D eigenvalue weighted by Crippen LogP contribution is -2.36. The van der Waals surface area contributed by atoms with E-state index < -0.39 is 4.92 Å². The zero-order valence-electron chi connectivity index (χ0n) is 9.89. The number of hydrogen-bond donors (Lipinski definition) is 1. The third-order valence-corrected chi connectivity index (χ3v) is 2.57. The smallest absolute Gasteiger partial charge is 0.269 e. The zero-order valence-corrected chi connectivity index (χ0v) is 9.89. The molecule has 1 N–H and O–H groups in total. The van der Waals surface area contributed by atoms with E-state index >= 15 is 0 Å². The highest BCUT2D eigenvalue weighted by atomic mass is 16.6. The van der Waals surface area contributed by atoms with E-state index in [2.05, 4.69) is 0 Å². The Hall–Kier alpha value is -2.76. The van der Waals surface area contributed by atoms with E-state index in [1.165, 1.54) is 36.5 Å². The fourth-order valence-corrected chi connectivity index (χ4v) is 1.63. The fourth-order valence-electron chi connectivity index (χ4n) is 1.63. The Kier molecular flexibility index (Phi) is 3.51. The van der Waals surface area contributed by atoms with Crippen molar-refractivity contribution < 1.29 is 19.4 Å². The standard InChI is InChI=1S/C13H10N2O4/c16-12-2-1-7-14(8-12)9-13(17)10-3-5-11(6-4-10)15(18)19/h1-8H,9H2/p+1. The third kappa shape index (κ3) is 3.12. The summed E-state index contributed by atoms with van der Waals surface area (Å²) in [5.74, 6) is -0.121. The molecule has 6 nitrogen and oxygen atoms in total. The molecule has 96 valence electrons. The second kappa shape index (κ2) is 5.26. The van der Waals surface area contributed by atoms with Crippen molar-refractivity contribution in [1.29, 1.82) is 0 Å². The summed E-state index contributed by atoms with van der Waals surface area (Å²) in [6.07, 6.45) is 3.09. The predicted molar refractivity (Wildman–Crippen MR) is 65.7 cm³/mol. The van der Waals surface area contributed by atoms with E-state index in [1.54, 1.807) is 16.8 Å². The number of carbonyl (C=O) groups is 1. The van der Waals surface area contributed by atoms with Crippen molar-refractivity contribution in [2.75, 3.05) is 0 Å². The molecule has 0 radical (unpaired) electrons. The summed E-state index contributed by atoms with van der Waals surface area (Å²) in [6.45, 7) is 0.0617. The van der Waals surface area contributed by atoms with Gasteiger partial charge in [0.2, 0.25) is 18.5 Å². The van der Waals surface area contributed by atoms with E-state index in [0.717, 1.165) is 0 Å². The Morgan fingerprint density at radius 3 is 2.53 bits per heavy atom. The maximum Gasteiger partial charge on any atom is 0.269 e. The number of rotatable bonds is 4. The fraction of sp³-hybridized carbons (Fsp3) is 0.0769. The van der Waals surface area contributed by atoms with E-state index in [-0.39, 0.29) is 23.8 Å². The first-order chi connectivity index (χ1) is 9.06. The van der Waals surface area contributed by atoms with Crippen molar-refractivity contribution in [3.05, 3.63) is 64.5 Å². The highest BCUT2D eigenvalue weighted by Crippen LogP contribution is 2.12. The monoisotopic (exact) mass is 259 g/mol. The first-order valence-electron chi connectivity index (χ1n) is 5.52. The molecule has 0 unspecified atom stereocenters. The maximum absolute atomic E-state index is 11.9. The summed E-state index contributed by atoms with van der Waals surface area (Å²) in [4.78, 5) is 21.9. The van der Waals surface area contributed by atoms with Crippen LogP contribution in [0.5, 0.6) is 5.75 Å². The van der Waals surface area contributed by atoms with Crippen LogP contribution in [-0.4, -0.2) is 15.8 Å². The molecular formula is C13H11N2O4+. The minimum atomic E-state index is -0.516. The highest BCUT2D eigenvalue weighted by molar-refractivity contribution is 5.95. The van der Waals surface area contributed by atoms with E-state index in [4.69, 9.17) is 0 Å². The van der Waals surface area contributed by atoms with Crippen LogP contribution in [0.2, 0.25) is 0 Å². The molecule has 6 heteroatoms. The van der Waals surface area contributed by atoms with Gasteiger partial charge in [0.25, 0.3) is 5.69 Å². The number of non-ortho nitro benzene ring substituents is 1. The molecule has 1 aromatic heterocycles. The number of aromatic nitrogens is 1. The first-order valence-corrected chi connectivity index (χ1v) is 5.52. The molecule has 1 aromatic carbocycles. The van der Waals surface area contributed by atoms with Crippen LogP contribution in [0, 0.1) is 10.1 Å². The largest absolute Gasteiger partial charge is 0.503 e. The van der Waals surface area contributed by atoms with Gasteiger partial charge in [0, 0.05) is 23.8 Å². The molecule has 0 atom stereocenters. The van der Waals surface area contributed by atoms with Crippen LogP contribution in [0.3, 0.4) is 0 Å². The molecule has 19 heavy (non-hydrogen) atoms. The van der Waals surface area contributed by atoms with Crippen LogP contribution in [-0.2, 0) is 6.54 Å². The van der Waals surface area contributed by atoms with Gasteiger partial charge in [-0.1, -0.05) is 0 Å². The molecule has 0 aliphatic rings. The van der Waals surface area contributed by atoms with Gasteiger partial charge < -0.3 is 5.11 Å². The molecule has 0 bridgehead atoms. The molecule has 0 aliphatic heterocycles. The summed E-state index contributed by atoms with van der Waals surface area (Å²) in [7, 11) is 0. The second-order valence-electron chi connectivity index (χ2n) is 3.96. The van der Waals surface area contributed by atoms with Crippen LogP contribution in [0.15, 0.2) is 48.8 Å². The summed E-state index contributed by atoms with van der Waals surface area (Å²) >= 11 is 0. The molecule has 2 rings (SSSR count). The number of aromatic hydroxyl groups is 1. The van der Waals surface area contributed by atoms with E-state index in [9.17, 15) is 20.0 Å². The van der Waals surface area contributed by atoms with E-state index in [1.807, 2.05) is 0 Å². The number of pyridine rings is 1. The highest BCUT2D eigenvalue weighted by Gasteiger charge is 2.14. The van der Waals surface area contributed by atoms with Gasteiger partial charge >= 0.3 is 0 Å². The number of nitrogens with zero attached hydrogens (tertiary/aromatic N) is 2. The summed E-state index contributed by atoms with van der Waals surface area (Å²) in [5.41, 5.74) is 0.336. The van der Waals surface area contributed by atoms with Crippen molar-refractivity contribution in [1.82, 2.24) is 0 Å². The van der Waals surface area contributed by atoms with Crippen molar-refractivity contribution in [2.24, 2.45) is 0 Å². The number of Topliss-reactive ketones (excluding diaryl/α,β-unsaturated/α-hetero) is 1. The number of ketones is 1. The molecule has 1 heterocycles. The van der Waals surface area contributed by atoms with Crippen molar-refractivity contribution in [3.8, 4) is 5.75 Å². The molecule has 0 fully saturated rings. The number of carbonyl (C=O) groups excluding carboxylic acids is 1. The Labute approximate surface area is 108 Å². The third-order valence-electron chi connectivity index (χ3n) is 2.57. The summed E-state index contributed by atoms with van der Waals surface area (Å²) in [6, 6.07) is 8.56. The van der Waals surface area contributed by atoms with Crippen LogP contribution < -0.4 is 4.57 Å². The molecule has 0 saturated carbocycles. The van der Waals surface area contributed by atoms with Gasteiger partial charge in [-0.25, -0.2) is 0 Å². The zero-order chi connectivity index (χ0) is 13.8. The molecule has 0 saturated heterocycles. The Balaban J connectivity index is 2.14. The van der Waals surface area contributed by atoms with Gasteiger partial charge in [0.05, 0.1) is 4.92 Å². The predicted octanol–water partition coefficient (Wildman–Crippen LogP) is 1.47. The molecule has 0 spiro atoms. The van der Waals surface area contributed by atoms with E-state index in [0.29, 0.717) is 5.56 Å². The van der Waals surface area contributed by atoms with Gasteiger partial charge in [-0.15, -0.1) is 0 Å². The molecule has 0 amide bonds. The average molecular weight is 259 g/mol. The minimum absolute atomic E-state index is 0.0541. The molecular weight excluding hydrogens is 248 g/mol. The van der Waals surface area contributed by atoms with Gasteiger partial charge in [-0.05, 0) is 18.2 Å². The Morgan fingerprint density at radius 2 is 1.95 bits per heavy atom. The second-order valence-corrected chi connectivity index (χ2v) is 3.96. The lowest BCUT2D eigenvalue weighted by Gasteiger charge is -1.98. The van der Waals surface area contributed by atoms with Crippen molar-refractivity contribution in [3.63, 3.8) is 0 Å². The van der Waals surface area contributed by atoms with Crippen LogP contribution in [0.1, 0.15) is 10.4 Å².